The molecule has 4 rings (SSSR count). The van der Waals surface area contributed by atoms with Crippen molar-refractivity contribution in [1.82, 2.24) is 9.88 Å². The van der Waals surface area contributed by atoms with Gasteiger partial charge < -0.3 is 9.80 Å². The Labute approximate surface area is 166 Å². The molecule has 28 heavy (non-hydrogen) atoms. The van der Waals surface area contributed by atoms with Crippen LogP contribution in [0.15, 0.2) is 73.1 Å². The number of rotatable bonds is 5. The molecule has 0 radical (unpaired) electrons. The van der Waals surface area contributed by atoms with Gasteiger partial charge in [-0.1, -0.05) is 48.5 Å². The Balaban J connectivity index is 1.59. The first-order valence-corrected chi connectivity index (χ1v) is 9.90. The number of amides is 1. The fourth-order valence-electron chi connectivity index (χ4n) is 3.81. The minimum absolute atomic E-state index is 0.0194. The smallest absolute Gasteiger partial charge is 0.255 e. The second-order valence-electron chi connectivity index (χ2n) is 7.12. The molecule has 1 amide bonds. The van der Waals surface area contributed by atoms with E-state index in [1.807, 2.05) is 42.3 Å². The summed E-state index contributed by atoms with van der Waals surface area (Å²) >= 11 is 0. The van der Waals surface area contributed by atoms with Crippen molar-refractivity contribution in [2.45, 2.75) is 26.3 Å². The highest BCUT2D eigenvalue weighted by atomic mass is 16.2. The van der Waals surface area contributed by atoms with Gasteiger partial charge in [0, 0.05) is 31.5 Å². The summed E-state index contributed by atoms with van der Waals surface area (Å²) in [6.45, 7) is 4.22. The number of fused-ring (bicyclic) bond motifs is 1. The highest BCUT2D eigenvalue weighted by Gasteiger charge is 2.20. The lowest BCUT2D eigenvalue weighted by molar-refractivity contribution is 0.0752. The number of aromatic nitrogens is 1. The monoisotopic (exact) mass is 371 g/mol. The zero-order chi connectivity index (χ0) is 19.3. The summed E-state index contributed by atoms with van der Waals surface area (Å²) in [5.41, 5.74) is 5.32. The third-order valence-electron chi connectivity index (χ3n) is 5.28. The van der Waals surface area contributed by atoms with Crippen molar-refractivity contribution in [3.63, 3.8) is 0 Å². The van der Waals surface area contributed by atoms with E-state index in [1.54, 1.807) is 6.20 Å². The Morgan fingerprint density at radius 2 is 1.86 bits per heavy atom. The lowest BCUT2D eigenvalue weighted by Gasteiger charge is -2.31. The van der Waals surface area contributed by atoms with Crippen LogP contribution in [0.4, 0.5) is 11.4 Å². The Hall–Kier alpha value is -3.14. The molecule has 1 aliphatic rings. The summed E-state index contributed by atoms with van der Waals surface area (Å²) in [7, 11) is 0. The third kappa shape index (κ3) is 3.77. The lowest BCUT2D eigenvalue weighted by atomic mass is 10.0. The first-order valence-electron chi connectivity index (χ1n) is 9.90. The van der Waals surface area contributed by atoms with E-state index in [0.717, 1.165) is 30.6 Å². The van der Waals surface area contributed by atoms with E-state index in [4.69, 9.17) is 0 Å². The number of benzene rings is 2. The molecule has 4 heteroatoms. The molecular formula is C24H25N3O. The van der Waals surface area contributed by atoms with Crippen molar-refractivity contribution in [2.75, 3.05) is 18.0 Å². The Morgan fingerprint density at radius 3 is 2.68 bits per heavy atom. The van der Waals surface area contributed by atoms with Gasteiger partial charge in [-0.15, -0.1) is 0 Å². The van der Waals surface area contributed by atoms with Crippen LogP contribution in [0.3, 0.4) is 0 Å². The van der Waals surface area contributed by atoms with Crippen LogP contribution in [0.1, 0.15) is 34.8 Å². The average Bonchev–Trinajstić information content (AvgIpc) is 2.77. The molecule has 0 bridgehead atoms. The SMILES string of the molecule is CCN(Cc1ccccc1)C(=O)c1cncc(N2CCCc3ccccc32)c1. The van der Waals surface area contributed by atoms with Gasteiger partial charge in [-0.05, 0) is 43.0 Å². The minimum Gasteiger partial charge on any atom is -0.340 e. The summed E-state index contributed by atoms with van der Waals surface area (Å²) in [5, 5.41) is 0. The first kappa shape index (κ1) is 18.2. The number of carbonyl (C=O) groups is 1. The standard InChI is InChI=1S/C24H25N3O/c1-2-26(18-19-9-4-3-5-10-19)24(28)21-15-22(17-25-16-21)27-14-8-12-20-11-6-7-13-23(20)27/h3-7,9-11,13,15-17H,2,8,12,14,18H2,1H3. The van der Waals surface area contributed by atoms with Crippen molar-refractivity contribution in [1.29, 1.82) is 0 Å². The molecule has 0 aliphatic carbocycles. The molecule has 4 nitrogen and oxygen atoms in total. The quantitative estimate of drug-likeness (QED) is 0.645. The van der Waals surface area contributed by atoms with E-state index >= 15 is 0 Å². The number of pyridine rings is 1. The zero-order valence-corrected chi connectivity index (χ0v) is 16.2. The molecule has 0 spiro atoms. The molecule has 0 N–H and O–H groups in total. The number of para-hydroxylation sites is 1. The van der Waals surface area contributed by atoms with Gasteiger partial charge >= 0.3 is 0 Å². The normalized spacial score (nSPS) is 13.1. The molecule has 2 aromatic carbocycles. The molecule has 0 unspecified atom stereocenters. The average molecular weight is 371 g/mol. The fourth-order valence-corrected chi connectivity index (χ4v) is 3.81. The van der Waals surface area contributed by atoms with Gasteiger partial charge in [0.1, 0.15) is 0 Å². The van der Waals surface area contributed by atoms with E-state index in [-0.39, 0.29) is 5.91 Å². The summed E-state index contributed by atoms with van der Waals surface area (Å²) < 4.78 is 0. The molecule has 1 aliphatic heterocycles. The van der Waals surface area contributed by atoms with Gasteiger partial charge in [0.05, 0.1) is 17.4 Å². The number of hydrogen-bond acceptors (Lipinski definition) is 3. The van der Waals surface area contributed by atoms with E-state index in [9.17, 15) is 4.79 Å². The minimum atomic E-state index is 0.0194. The largest absolute Gasteiger partial charge is 0.340 e. The summed E-state index contributed by atoms with van der Waals surface area (Å²) in [6, 6.07) is 20.6. The van der Waals surface area contributed by atoms with Gasteiger partial charge in [0.25, 0.3) is 5.91 Å². The lowest BCUT2D eigenvalue weighted by Crippen LogP contribution is -2.31. The topological polar surface area (TPSA) is 36.4 Å². The maximum Gasteiger partial charge on any atom is 0.255 e. The van der Waals surface area contributed by atoms with Crippen LogP contribution in [0.5, 0.6) is 0 Å². The van der Waals surface area contributed by atoms with Crippen molar-refractivity contribution in [2.24, 2.45) is 0 Å². The van der Waals surface area contributed by atoms with Crippen LogP contribution in [0, 0.1) is 0 Å². The molecule has 0 saturated heterocycles. The number of carbonyl (C=O) groups excluding carboxylic acids is 1. The summed E-state index contributed by atoms with van der Waals surface area (Å²) in [4.78, 5) is 21.7. The molecule has 2 heterocycles. The number of aryl methyl sites for hydroxylation is 1. The van der Waals surface area contributed by atoms with Crippen LogP contribution >= 0.6 is 0 Å². The summed E-state index contributed by atoms with van der Waals surface area (Å²) in [5.74, 6) is 0.0194. The molecule has 0 saturated carbocycles. The van der Waals surface area contributed by atoms with E-state index < -0.39 is 0 Å². The maximum atomic E-state index is 13.1. The number of anilines is 2. The Morgan fingerprint density at radius 1 is 1.07 bits per heavy atom. The van der Waals surface area contributed by atoms with Crippen LogP contribution in [0.2, 0.25) is 0 Å². The van der Waals surface area contributed by atoms with Gasteiger partial charge in [0.15, 0.2) is 0 Å². The fraction of sp³-hybridized carbons (Fsp3) is 0.250. The van der Waals surface area contributed by atoms with Crippen molar-refractivity contribution in [3.8, 4) is 0 Å². The Kier molecular flexibility index (Phi) is 5.38. The van der Waals surface area contributed by atoms with Crippen molar-refractivity contribution >= 4 is 17.3 Å². The van der Waals surface area contributed by atoms with Crippen LogP contribution in [-0.2, 0) is 13.0 Å². The van der Waals surface area contributed by atoms with Crippen LogP contribution < -0.4 is 4.90 Å². The molecule has 0 fully saturated rings. The van der Waals surface area contributed by atoms with Gasteiger partial charge in [0.2, 0.25) is 0 Å². The Bertz CT molecular complexity index is 955. The maximum absolute atomic E-state index is 13.1. The number of hydrogen-bond donors (Lipinski definition) is 0. The highest BCUT2D eigenvalue weighted by molar-refractivity contribution is 5.95. The predicted octanol–water partition coefficient (Wildman–Crippen LogP) is 4.83. The van der Waals surface area contributed by atoms with E-state index in [1.165, 1.54) is 11.3 Å². The molecule has 3 aromatic rings. The molecule has 0 atom stereocenters. The van der Waals surface area contributed by atoms with Gasteiger partial charge in [-0.3, -0.25) is 9.78 Å². The number of nitrogens with zero attached hydrogens (tertiary/aromatic N) is 3. The van der Waals surface area contributed by atoms with Crippen LogP contribution in [0.25, 0.3) is 0 Å². The third-order valence-corrected chi connectivity index (χ3v) is 5.28. The van der Waals surface area contributed by atoms with E-state index in [0.29, 0.717) is 18.7 Å². The predicted molar refractivity (Wildman–Crippen MR) is 113 cm³/mol. The molecule has 1 aromatic heterocycles. The second-order valence-corrected chi connectivity index (χ2v) is 7.12. The van der Waals surface area contributed by atoms with Crippen molar-refractivity contribution < 1.29 is 4.79 Å². The molecular weight excluding hydrogens is 346 g/mol. The highest BCUT2D eigenvalue weighted by Crippen LogP contribution is 2.33. The zero-order valence-electron chi connectivity index (χ0n) is 16.2. The van der Waals surface area contributed by atoms with Gasteiger partial charge in [-0.2, -0.15) is 0 Å². The van der Waals surface area contributed by atoms with E-state index in [2.05, 4.69) is 46.3 Å². The van der Waals surface area contributed by atoms with Crippen LogP contribution in [-0.4, -0.2) is 28.9 Å². The van der Waals surface area contributed by atoms with Crippen molar-refractivity contribution in [3.05, 3.63) is 89.7 Å². The second kappa shape index (κ2) is 8.26. The van der Waals surface area contributed by atoms with Gasteiger partial charge in [-0.25, -0.2) is 0 Å². The summed E-state index contributed by atoms with van der Waals surface area (Å²) in [6.07, 6.45) is 5.73. The first-order chi connectivity index (χ1) is 13.8. The molecule has 142 valence electrons.